The highest BCUT2D eigenvalue weighted by Gasteiger charge is 2.24. The molecule has 2 aromatic carbocycles. The molecular weight excluding hydrogens is 395 g/mol. The van der Waals surface area contributed by atoms with Crippen LogP contribution in [0.1, 0.15) is 29.8 Å². The maximum Gasteiger partial charge on any atom is 0.257 e. The first kappa shape index (κ1) is 22.2. The molecule has 2 amide bonds. The maximum atomic E-state index is 13.3. The zero-order valence-electron chi connectivity index (χ0n) is 18.3. The molecule has 0 atom stereocenters. The van der Waals surface area contributed by atoms with E-state index in [2.05, 4.69) is 5.10 Å². The average Bonchev–Trinajstić information content (AvgIpc) is 3.20. The normalized spacial score (nSPS) is 10.7. The van der Waals surface area contributed by atoms with Crippen molar-refractivity contribution in [2.45, 2.75) is 20.8 Å². The highest BCUT2D eigenvalue weighted by atomic mass is 19.1. The molecule has 31 heavy (non-hydrogen) atoms. The number of benzene rings is 2. The van der Waals surface area contributed by atoms with Gasteiger partial charge in [0, 0.05) is 31.9 Å². The Morgan fingerprint density at radius 2 is 1.61 bits per heavy atom. The zero-order chi connectivity index (χ0) is 22.5. The van der Waals surface area contributed by atoms with E-state index < -0.39 is 0 Å². The smallest absolute Gasteiger partial charge is 0.257 e. The average molecular weight is 423 g/mol. The summed E-state index contributed by atoms with van der Waals surface area (Å²) in [6.45, 7) is 6.97. The molecule has 0 fully saturated rings. The summed E-state index contributed by atoms with van der Waals surface area (Å²) in [5.41, 5.74) is 3.41. The van der Waals surface area contributed by atoms with Crippen LogP contribution in [0, 0.1) is 12.7 Å². The molecule has 0 aliphatic heterocycles. The number of hydrogen-bond donors (Lipinski definition) is 0. The van der Waals surface area contributed by atoms with Gasteiger partial charge < -0.3 is 9.80 Å². The quantitative estimate of drug-likeness (QED) is 0.580. The van der Waals surface area contributed by atoms with Gasteiger partial charge in [-0.3, -0.25) is 9.59 Å². The number of amides is 2. The van der Waals surface area contributed by atoms with Crippen molar-refractivity contribution >= 4 is 11.8 Å². The van der Waals surface area contributed by atoms with Crippen molar-refractivity contribution < 1.29 is 14.0 Å². The lowest BCUT2D eigenvalue weighted by Crippen LogP contribution is -2.41. The number of carbonyl (C=O) groups excluding carboxylic acids is 2. The Morgan fingerprint density at radius 3 is 2.19 bits per heavy atom. The van der Waals surface area contributed by atoms with Crippen LogP contribution in [-0.4, -0.2) is 58.1 Å². The number of hydrogen-bond acceptors (Lipinski definition) is 3. The molecule has 0 bridgehead atoms. The van der Waals surface area contributed by atoms with Gasteiger partial charge in [-0.1, -0.05) is 29.8 Å². The molecule has 6 nitrogen and oxygen atoms in total. The lowest BCUT2D eigenvalue weighted by atomic mass is 10.1. The molecule has 3 rings (SSSR count). The molecule has 1 aromatic heterocycles. The van der Waals surface area contributed by atoms with Gasteiger partial charge in [0.05, 0.1) is 17.8 Å². The minimum absolute atomic E-state index is 0.0183. The summed E-state index contributed by atoms with van der Waals surface area (Å²) in [5.74, 6) is -0.756. The number of rotatable bonds is 7. The van der Waals surface area contributed by atoms with E-state index in [9.17, 15) is 14.0 Å². The van der Waals surface area contributed by atoms with E-state index in [0.29, 0.717) is 30.0 Å². The summed E-state index contributed by atoms with van der Waals surface area (Å²) in [7, 11) is 1.61. The number of aromatic nitrogens is 2. The first-order chi connectivity index (χ1) is 14.8. The van der Waals surface area contributed by atoms with Crippen molar-refractivity contribution in [3.05, 3.63) is 71.7 Å². The van der Waals surface area contributed by atoms with Crippen LogP contribution in [-0.2, 0) is 4.79 Å². The van der Waals surface area contributed by atoms with Crippen LogP contribution in [0.4, 0.5) is 4.39 Å². The number of halogens is 1. The van der Waals surface area contributed by atoms with Gasteiger partial charge in [0.1, 0.15) is 11.5 Å². The van der Waals surface area contributed by atoms with Crippen molar-refractivity contribution in [1.29, 1.82) is 0 Å². The molecule has 0 radical (unpaired) electrons. The number of carbonyl (C=O) groups is 2. The molecule has 0 saturated heterocycles. The van der Waals surface area contributed by atoms with E-state index >= 15 is 0 Å². The van der Waals surface area contributed by atoms with Crippen LogP contribution >= 0.6 is 0 Å². The first-order valence-corrected chi connectivity index (χ1v) is 10.3. The first-order valence-electron chi connectivity index (χ1n) is 10.3. The standard InChI is InChI=1S/C24H27FN4O2/c1-5-28(6-2)22(30)16-27(4)24(31)21-15-29(20-13-11-19(25)12-14-20)26-23(21)18-9-7-17(3)8-10-18/h7-15H,5-6,16H2,1-4H3. The van der Waals surface area contributed by atoms with Gasteiger partial charge in [-0.05, 0) is 45.0 Å². The second kappa shape index (κ2) is 9.55. The van der Waals surface area contributed by atoms with Crippen molar-refractivity contribution in [2.75, 3.05) is 26.7 Å². The summed E-state index contributed by atoms with van der Waals surface area (Å²) < 4.78 is 14.9. The highest BCUT2D eigenvalue weighted by Crippen LogP contribution is 2.25. The molecule has 0 N–H and O–H groups in total. The van der Waals surface area contributed by atoms with Gasteiger partial charge in [0.2, 0.25) is 5.91 Å². The Hall–Kier alpha value is -3.48. The van der Waals surface area contributed by atoms with E-state index in [-0.39, 0.29) is 24.2 Å². The van der Waals surface area contributed by atoms with Gasteiger partial charge in [-0.2, -0.15) is 5.10 Å². The van der Waals surface area contributed by atoms with E-state index in [1.165, 1.54) is 17.0 Å². The fourth-order valence-corrected chi connectivity index (χ4v) is 3.34. The van der Waals surface area contributed by atoms with Crippen LogP contribution in [0.5, 0.6) is 0 Å². The van der Waals surface area contributed by atoms with E-state index in [1.54, 1.807) is 35.0 Å². The van der Waals surface area contributed by atoms with Crippen LogP contribution in [0.2, 0.25) is 0 Å². The minimum atomic E-state index is -0.347. The predicted octanol–water partition coefficient (Wildman–Crippen LogP) is 3.93. The summed E-state index contributed by atoms with van der Waals surface area (Å²) >= 11 is 0. The van der Waals surface area contributed by atoms with Crippen molar-refractivity contribution in [2.24, 2.45) is 0 Å². The van der Waals surface area contributed by atoms with Gasteiger partial charge >= 0.3 is 0 Å². The van der Waals surface area contributed by atoms with Gasteiger partial charge in [0.25, 0.3) is 5.91 Å². The third-order valence-corrected chi connectivity index (χ3v) is 5.20. The Bertz CT molecular complexity index is 1050. The van der Waals surface area contributed by atoms with Gasteiger partial charge in [-0.15, -0.1) is 0 Å². The molecule has 0 saturated carbocycles. The summed E-state index contributed by atoms with van der Waals surface area (Å²) in [6, 6.07) is 13.6. The molecule has 162 valence electrons. The van der Waals surface area contributed by atoms with Crippen LogP contribution in [0.3, 0.4) is 0 Å². The summed E-state index contributed by atoms with van der Waals surface area (Å²) in [4.78, 5) is 28.9. The Morgan fingerprint density at radius 1 is 1.00 bits per heavy atom. The molecule has 0 unspecified atom stereocenters. The fraction of sp³-hybridized carbons (Fsp3) is 0.292. The minimum Gasteiger partial charge on any atom is -0.342 e. The van der Waals surface area contributed by atoms with Crippen LogP contribution < -0.4 is 0 Å². The molecule has 3 aromatic rings. The van der Waals surface area contributed by atoms with Gasteiger partial charge in [-0.25, -0.2) is 9.07 Å². The van der Waals surface area contributed by atoms with Crippen molar-refractivity contribution in [3.8, 4) is 16.9 Å². The molecule has 1 heterocycles. The van der Waals surface area contributed by atoms with E-state index in [4.69, 9.17) is 0 Å². The molecule has 0 aliphatic rings. The fourth-order valence-electron chi connectivity index (χ4n) is 3.34. The Kier molecular flexibility index (Phi) is 6.84. The van der Waals surface area contributed by atoms with Crippen molar-refractivity contribution in [3.63, 3.8) is 0 Å². The molecular formula is C24H27FN4O2. The lowest BCUT2D eigenvalue weighted by Gasteiger charge is -2.23. The van der Waals surface area contributed by atoms with Crippen LogP contribution in [0.15, 0.2) is 54.7 Å². The Balaban J connectivity index is 1.98. The summed E-state index contributed by atoms with van der Waals surface area (Å²) in [5, 5.41) is 4.61. The van der Waals surface area contributed by atoms with Gasteiger partial charge in [0.15, 0.2) is 0 Å². The Labute approximate surface area is 181 Å². The predicted molar refractivity (Wildman–Crippen MR) is 119 cm³/mol. The molecule has 0 aliphatic carbocycles. The number of likely N-dealkylation sites (N-methyl/N-ethyl adjacent to an activating group) is 2. The second-order valence-corrected chi connectivity index (χ2v) is 7.41. The van der Waals surface area contributed by atoms with Crippen LogP contribution in [0.25, 0.3) is 16.9 Å². The maximum absolute atomic E-state index is 13.3. The number of aryl methyl sites for hydroxylation is 1. The van der Waals surface area contributed by atoms with Crippen molar-refractivity contribution in [1.82, 2.24) is 19.6 Å². The third kappa shape index (κ3) is 4.99. The molecule has 7 heteroatoms. The monoisotopic (exact) mass is 422 g/mol. The second-order valence-electron chi connectivity index (χ2n) is 7.41. The highest BCUT2D eigenvalue weighted by molar-refractivity contribution is 6.01. The molecule has 0 spiro atoms. The number of nitrogens with zero attached hydrogens (tertiary/aromatic N) is 4. The lowest BCUT2D eigenvalue weighted by molar-refractivity contribution is -0.131. The third-order valence-electron chi connectivity index (χ3n) is 5.20. The topological polar surface area (TPSA) is 58.4 Å². The SMILES string of the molecule is CCN(CC)C(=O)CN(C)C(=O)c1cn(-c2ccc(F)cc2)nc1-c1ccc(C)cc1. The van der Waals surface area contributed by atoms with E-state index in [0.717, 1.165) is 11.1 Å². The summed E-state index contributed by atoms with van der Waals surface area (Å²) in [6.07, 6.45) is 1.63. The zero-order valence-corrected chi connectivity index (χ0v) is 18.3. The van der Waals surface area contributed by atoms with E-state index in [1.807, 2.05) is 45.0 Å². The largest absolute Gasteiger partial charge is 0.342 e.